The number of carbonyl (C=O) groups is 2. The number of epoxide rings is 1. The molecule has 0 aromatic heterocycles. The Bertz CT molecular complexity index is 747. The molecule has 1 saturated carbocycles. The highest BCUT2D eigenvalue weighted by Gasteiger charge is 2.74. The topological polar surface area (TPSA) is 94.6 Å². The molecule has 7 nitrogen and oxygen atoms in total. The monoisotopic (exact) mass is 378 g/mol. The van der Waals surface area contributed by atoms with Crippen LogP contribution in [0, 0.1) is 5.41 Å². The van der Waals surface area contributed by atoms with E-state index in [4.69, 9.17) is 18.9 Å². The highest BCUT2D eigenvalue weighted by molar-refractivity contribution is 5.91. The van der Waals surface area contributed by atoms with Crippen LogP contribution in [0.5, 0.6) is 0 Å². The number of rotatable bonds is 5. The first-order chi connectivity index (χ1) is 12.5. The van der Waals surface area contributed by atoms with Crippen molar-refractivity contribution >= 4 is 11.9 Å². The molecule has 4 atom stereocenters. The summed E-state index contributed by atoms with van der Waals surface area (Å²) in [7, 11) is 1.28. The molecule has 0 bridgehead atoms. The van der Waals surface area contributed by atoms with Gasteiger partial charge in [-0.15, -0.1) is 0 Å². The molecule has 0 spiro atoms. The number of aliphatic hydroxyl groups is 1. The number of hydrogen-bond donors (Lipinski definition) is 1. The van der Waals surface area contributed by atoms with Crippen LogP contribution < -0.4 is 0 Å². The van der Waals surface area contributed by atoms with Crippen LogP contribution in [-0.4, -0.2) is 47.8 Å². The van der Waals surface area contributed by atoms with Gasteiger partial charge in [0.15, 0.2) is 0 Å². The summed E-state index contributed by atoms with van der Waals surface area (Å²) in [4.78, 5) is 23.5. The van der Waals surface area contributed by atoms with Gasteiger partial charge in [0.05, 0.1) is 18.8 Å². The van der Waals surface area contributed by atoms with E-state index in [1.807, 2.05) is 26.8 Å². The fourth-order valence-corrected chi connectivity index (χ4v) is 4.27. The van der Waals surface area contributed by atoms with Crippen molar-refractivity contribution in [2.75, 3.05) is 7.11 Å². The molecule has 2 heterocycles. The maximum atomic E-state index is 12.1. The fraction of sp³-hybridized carbons (Fsp3) is 0.600. The highest BCUT2D eigenvalue weighted by atomic mass is 16.7. The maximum Gasteiger partial charge on any atom is 0.340 e. The van der Waals surface area contributed by atoms with Gasteiger partial charge in [-0.25, -0.2) is 9.59 Å². The van der Waals surface area contributed by atoms with E-state index in [9.17, 15) is 14.7 Å². The van der Waals surface area contributed by atoms with E-state index in [1.54, 1.807) is 13.0 Å². The maximum absolute atomic E-state index is 12.1. The molecule has 3 rings (SSSR count). The number of fused-ring (bicyclic) bond motifs is 1. The minimum Gasteiger partial charge on any atom is -0.465 e. The molecule has 3 aliphatic rings. The van der Waals surface area contributed by atoms with Crippen LogP contribution in [0.15, 0.2) is 35.6 Å². The van der Waals surface area contributed by atoms with E-state index in [-0.39, 0.29) is 11.0 Å². The minimum atomic E-state index is -0.868. The van der Waals surface area contributed by atoms with Crippen molar-refractivity contribution in [3.8, 4) is 0 Å². The van der Waals surface area contributed by atoms with E-state index < -0.39 is 35.5 Å². The first-order valence-electron chi connectivity index (χ1n) is 8.94. The van der Waals surface area contributed by atoms with Crippen LogP contribution in [0.4, 0.5) is 0 Å². The predicted molar refractivity (Wildman–Crippen MR) is 95.2 cm³/mol. The second-order valence-electron chi connectivity index (χ2n) is 8.17. The Kier molecular flexibility index (Phi) is 4.72. The number of aliphatic hydroxyl groups excluding tert-OH is 1. The largest absolute Gasteiger partial charge is 0.465 e. The van der Waals surface area contributed by atoms with Crippen LogP contribution in [0.2, 0.25) is 0 Å². The van der Waals surface area contributed by atoms with Gasteiger partial charge in [-0.3, -0.25) is 0 Å². The van der Waals surface area contributed by atoms with Gasteiger partial charge in [-0.2, -0.15) is 0 Å². The molecule has 7 heteroatoms. The number of ether oxygens (including phenoxy) is 4. The quantitative estimate of drug-likeness (QED) is 0.257. The Morgan fingerprint density at radius 1 is 1.33 bits per heavy atom. The third-order valence-corrected chi connectivity index (χ3v) is 5.69. The van der Waals surface area contributed by atoms with Crippen molar-refractivity contribution in [2.45, 2.75) is 64.1 Å². The lowest BCUT2D eigenvalue weighted by molar-refractivity contribution is -0.152. The standard InChI is InChI=1S/C20H26O7/c1-12-8-15(26-16(12)22)25-11-13(17(23)24-5)6-7-20-18(2,3)9-14(21)10-19(20,4)27-20/h6-8,11,14-15,21H,9-10H2,1-5H3/b7-6+,13-11+. The molecule has 2 fully saturated rings. The Labute approximate surface area is 158 Å². The van der Waals surface area contributed by atoms with E-state index in [0.29, 0.717) is 18.4 Å². The molecule has 1 aliphatic carbocycles. The fourth-order valence-electron chi connectivity index (χ4n) is 4.27. The van der Waals surface area contributed by atoms with Crippen LogP contribution in [-0.2, 0) is 28.5 Å². The summed E-state index contributed by atoms with van der Waals surface area (Å²) in [5.74, 6) is -1.03. The lowest BCUT2D eigenvalue weighted by Gasteiger charge is -2.39. The van der Waals surface area contributed by atoms with E-state index in [2.05, 4.69) is 0 Å². The number of cyclic esters (lactones) is 1. The molecular weight excluding hydrogens is 352 g/mol. The smallest absolute Gasteiger partial charge is 0.340 e. The molecule has 4 unspecified atom stereocenters. The molecule has 1 N–H and O–H groups in total. The minimum absolute atomic E-state index is 0.167. The number of esters is 2. The zero-order valence-electron chi connectivity index (χ0n) is 16.3. The Morgan fingerprint density at radius 3 is 2.59 bits per heavy atom. The average Bonchev–Trinajstić information content (AvgIpc) is 3.06. The van der Waals surface area contributed by atoms with Crippen molar-refractivity contribution in [2.24, 2.45) is 5.41 Å². The lowest BCUT2D eigenvalue weighted by Crippen LogP contribution is -2.46. The number of carbonyl (C=O) groups excluding carboxylic acids is 2. The average molecular weight is 378 g/mol. The highest BCUT2D eigenvalue weighted by Crippen LogP contribution is 2.66. The van der Waals surface area contributed by atoms with E-state index in [1.165, 1.54) is 19.4 Å². The summed E-state index contributed by atoms with van der Waals surface area (Å²) >= 11 is 0. The summed E-state index contributed by atoms with van der Waals surface area (Å²) in [6.07, 6.45) is 6.04. The molecule has 0 amide bonds. The molecule has 27 heavy (non-hydrogen) atoms. The number of hydrogen-bond acceptors (Lipinski definition) is 7. The summed E-state index contributed by atoms with van der Waals surface area (Å²) in [6, 6.07) is 0. The third kappa shape index (κ3) is 3.30. The van der Waals surface area contributed by atoms with Gasteiger partial charge < -0.3 is 24.1 Å². The van der Waals surface area contributed by atoms with E-state index >= 15 is 0 Å². The Hall–Kier alpha value is -2.12. The molecule has 0 aromatic rings. The summed E-state index contributed by atoms with van der Waals surface area (Å²) in [5.41, 5.74) is -0.748. The van der Waals surface area contributed by atoms with Gasteiger partial charge in [0.2, 0.25) is 0 Å². The zero-order chi connectivity index (χ0) is 20.0. The molecule has 0 aromatic carbocycles. The molecule has 1 saturated heterocycles. The van der Waals surface area contributed by atoms with Crippen molar-refractivity contribution in [3.63, 3.8) is 0 Å². The first-order valence-corrected chi connectivity index (χ1v) is 8.94. The van der Waals surface area contributed by atoms with Gasteiger partial charge in [-0.05, 0) is 32.4 Å². The van der Waals surface area contributed by atoms with Gasteiger partial charge >= 0.3 is 11.9 Å². The second-order valence-corrected chi connectivity index (χ2v) is 8.17. The molecule has 2 aliphatic heterocycles. The summed E-state index contributed by atoms with van der Waals surface area (Å²) in [5, 5.41) is 10.1. The summed E-state index contributed by atoms with van der Waals surface area (Å²) < 4.78 is 21.3. The normalized spacial score (nSPS) is 37.5. The lowest BCUT2D eigenvalue weighted by atomic mass is 9.63. The van der Waals surface area contributed by atoms with Crippen LogP contribution >= 0.6 is 0 Å². The van der Waals surface area contributed by atoms with Crippen molar-refractivity contribution < 1.29 is 33.6 Å². The van der Waals surface area contributed by atoms with Crippen LogP contribution in [0.3, 0.4) is 0 Å². The molecule has 148 valence electrons. The van der Waals surface area contributed by atoms with Crippen LogP contribution in [0.1, 0.15) is 40.5 Å². The predicted octanol–water partition coefficient (Wildman–Crippen LogP) is 2.15. The zero-order valence-corrected chi connectivity index (χ0v) is 16.3. The van der Waals surface area contributed by atoms with Gasteiger partial charge in [0.25, 0.3) is 6.29 Å². The third-order valence-electron chi connectivity index (χ3n) is 5.69. The Balaban J connectivity index is 1.80. The van der Waals surface area contributed by atoms with Gasteiger partial charge in [0.1, 0.15) is 17.5 Å². The summed E-state index contributed by atoms with van der Waals surface area (Å²) in [6.45, 7) is 7.66. The molecule has 0 radical (unpaired) electrons. The van der Waals surface area contributed by atoms with Crippen molar-refractivity contribution in [1.82, 2.24) is 0 Å². The SMILES string of the molecule is COC(=O)C(/C=C/C12OC1(C)CC(O)CC2(C)C)=C/OC1C=C(C)C(=O)O1. The van der Waals surface area contributed by atoms with Crippen LogP contribution in [0.25, 0.3) is 0 Å². The van der Waals surface area contributed by atoms with Crippen molar-refractivity contribution in [1.29, 1.82) is 0 Å². The van der Waals surface area contributed by atoms with Crippen molar-refractivity contribution in [3.05, 3.63) is 35.6 Å². The van der Waals surface area contributed by atoms with Gasteiger partial charge in [-0.1, -0.05) is 13.8 Å². The first kappa shape index (κ1) is 19.6. The Morgan fingerprint density at radius 2 is 2.04 bits per heavy atom. The van der Waals surface area contributed by atoms with Gasteiger partial charge in [0, 0.05) is 23.5 Å². The number of methoxy groups -OCH3 is 1. The van der Waals surface area contributed by atoms with E-state index in [0.717, 1.165) is 0 Å². The molecular formula is C20H26O7. The second kappa shape index (κ2) is 6.49.